The molecule has 0 bridgehead atoms. The number of rotatable bonds is 18. The lowest BCUT2D eigenvalue weighted by molar-refractivity contribution is 0.0382. The molecular weight excluding hydrogens is 376 g/mol. The number of aliphatic hydroxyl groups excluding tert-OH is 2. The summed E-state index contributed by atoms with van der Waals surface area (Å²) in [5.41, 5.74) is 1.44. The molecule has 27 heavy (non-hydrogen) atoms. The average Bonchev–Trinajstić information content (AvgIpc) is 2.53. The van der Waals surface area contributed by atoms with Gasteiger partial charge in [0.1, 0.15) is 0 Å². The molecule has 0 saturated heterocycles. The highest BCUT2D eigenvalue weighted by molar-refractivity contribution is 6.95. The molecular formula is C19H46N2O4Si2. The molecule has 2 unspecified atom stereocenters. The van der Waals surface area contributed by atoms with Gasteiger partial charge in [0.15, 0.2) is 0 Å². The first-order valence-electron chi connectivity index (χ1n) is 10.4. The van der Waals surface area contributed by atoms with Crippen LogP contribution in [-0.2, 0) is 9.47 Å². The second-order valence-corrected chi connectivity index (χ2v) is 20.4. The van der Waals surface area contributed by atoms with Gasteiger partial charge >= 0.3 is 0 Å². The highest BCUT2D eigenvalue weighted by Crippen LogP contribution is 2.28. The minimum absolute atomic E-state index is 0.409. The quantitative estimate of drug-likeness (QED) is 0.200. The summed E-state index contributed by atoms with van der Waals surface area (Å²) in [6.07, 6.45) is 1.38. The summed E-state index contributed by atoms with van der Waals surface area (Å²) in [6.45, 7) is 13.5. The van der Waals surface area contributed by atoms with Gasteiger partial charge in [-0.15, -0.1) is 0 Å². The van der Waals surface area contributed by atoms with E-state index in [1.165, 1.54) is 17.8 Å². The number of hydrogen-bond acceptors (Lipinski definition) is 6. The van der Waals surface area contributed by atoms with Gasteiger partial charge in [-0.05, 0) is 26.9 Å². The van der Waals surface area contributed by atoms with Crippen molar-refractivity contribution >= 4 is 16.1 Å². The van der Waals surface area contributed by atoms with Gasteiger partial charge in [0.05, 0.1) is 25.4 Å². The van der Waals surface area contributed by atoms with Crippen molar-refractivity contribution in [2.75, 3.05) is 53.6 Å². The molecule has 4 N–H and O–H groups in total. The van der Waals surface area contributed by atoms with Crippen LogP contribution < -0.4 is 10.6 Å². The number of nitrogens with one attached hydrogen (secondary N) is 2. The summed E-state index contributed by atoms with van der Waals surface area (Å²) in [4.78, 5) is 0. The third kappa shape index (κ3) is 16.8. The maximum Gasteiger partial charge on any atom is 0.0897 e. The monoisotopic (exact) mass is 422 g/mol. The van der Waals surface area contributed by atoms with Crippen LogP contribution in [0, 0.1) is 0 Å². The fourth-order valence-electron chi connectivity index (χ4n) is 3.81. The fraction of sp³-hybridized carbons (Fsp3) is 1.00. The molecule has 0 aliphatic carbocycles. The highest BCUT2D eigenvalue weighted by Gasteiger charge is 2.31. The number of likely N-dealkylation sites (N-methyl/N-ethyl adjacent to an activating group) is 2. The lowest BCUT2D eigenvalue weighted by Gasteiger charge is -2.32. The van der Waals surface area contributed by atoms with E-state index in [1.54, 1.807) is 0 Å². The first kappa shape index (κ1) is 27.2. The van der Waals surface area contributed by atoms with Crippen molar-refractivity contribution in [2.24, 2.45) is 0 Å². The Labute approximate surface area is 169 Å². The van der Waals surface area contributed by atoms with Crippen molar-refractivity contribution in [2.45, 2.75) is 69.0 Å². The third-order valence-electron chi connectivity index (χ3n) is 4.74. The second-order valence-electron chi connectivity index (χ2n) is 9.29. The van der Waals surface area contributed by atoms with Crippen LogP contribution in [0.4, 0.5) is 0 Å². The fourth-order valence-corrected chi connectivity index (χ4v) is 17.8. The van der Waals surface area contributed by atoms with Crippen molar-refractivity contribution in [3.63, 3.8) is 0 Å². The van der Waals surface area contributed by atoms with E-state index >= 15 is 0 Å². The average molecular weight is 423 g/mol. The summed E-state index contributed by atoms with van der Waals surface area (Å²) in [5.74, 6) is 0. The molecule has 8 heteroatoms. The zero-order chi connectivity index (χ0) is 20.8. The summed E-state index contributed by atoms with van der Waals surface area (Å²) < 4.78 is 11.2. The third-order valence-corrected chi connectivity index (χ3v) is 15.8. The van der Waals surface area contributed by atoms with Crippen molar-refractivity contribution in [1.29, 1.82) is 0 Å². The van der Waals surface area contributed by atoms with E-state index in [0.29, 0.717) is 26.3 Å². The SMILES string of the molecule is CNCC(O)COCCC[Si](C)(C)C[Si](C)(C)CCCOCC(O)CNC. The van der Waals surface area contributed by atoms with Crippen LogP contribution in [0.2, 0.25) is 43.9 Å². The smallest absolute Gasteiger partial charge is 0.0897 e. The lowest BCUT2D eigenvalue weighted by Crippen LogP contribution is -2.39. The molecule has 0 spiro atoms. The molecule has 0 aliphatic heterocycles. The van der Waals surface area contributed by atoms with E-state index < -0.39 is 28.4 Å². The maximum atomic E-state index is 9.64. The lowest BCUT2D eigenvalue weighted by atomic mass is 10.4. The number of ether oxygens (including phenoxy) is 2. The van der Waals surface area contributed by atoms with Gasteiger partial charge in [0.2, 0.25) is 0 Å². The molecule has 0 aromatic heterocycles. The largest absolute Gasteiger partial charge is 0.389 e. The zero-order valence-corrected chi connectivity index (χ0v) is 20.6. The molecule has 0 heterocycles. The summed E-state index contributed by atoms with van der Waals surface area (Å²) >= 11 is 0. The first-order chi connectivity index (χ1) is 12.6. The summed E-state index contributed by atoms with van der Waals surface area (Å²) in [6, 6.07) is 2.58. The van der Waals surface area contributed by atoms with Gasteiger partial charge in [-0.3, -0.25) is 0 Å². The predicted molar refractivity (Wildman–Crippen MR) is 120 cm³/mol. The molecule has 0 rings (SSSR count). The summed E-state index contributed by atoms with van der Waals surface area (Å²) in [7, 11) is 1.25. The van der Waals surface area contributed by atoms with Crippen molar-refractivity contribution < 1.29 is 19.7 Å². The van der Waals surface area contributed by atoms with Crippen molar-refractivity contribution in [3.05, 3.63) is 0 Å². The Morgan fingerprint density at radius 3 is 1.44 bits per heavy atom. The second kappa shape index (κ2) is 15.1. The van der Waals surface area contributed by atoms with Crippen LogP contribution in [-0.4, -0.2) is 92.2 Å². The van der Waals surface area contributed by atoms with Crippen LogP contribution in [0.25, 0.3) is 0 Å². The Kier molecular flexibility index (Phi) is 15.2. The molecule has 0 amide bonds. The molecule has 164 valence electrons. The van der Waals surface area contributed by atoms with E-state index in [0.717, 1.165) is 26.1 Å². The molecule has 0 fully saturated rings. The Morgan fingerprint density at radius 2 is 1.11 bits per heavy atom. The van der Waals surface area contributed by atoms with Crippen LogP contribution in [0.15, 0.2) is 0 Å². The van der Waals surface area contributed by atoms with Gasteiger partial charge in [0, 0.05) is 42.5 Å². The van der Waals surface area contributed by atoms with Crippen LogP contribution >= 0.6 is 0 Å². The topological polar surface area (TPSA) is 83.0 Å². The van der Waals surface area contributed by atoms with Crippen molar-refractivity contribution in [3.8, 4) is 0 Å². The van der Waals surface area contributed by atoms with E-state index in [1.807, 2.05) is 14.1 Å². The minimum atomic E-state index is -1.21. The van der Waals surface area contributed by atoms with Gasteiger partial charge in [0.25, 0.3) is 0 Å². The van der Waals surface area contributed by atoms with Crippen LogP contribution in [0.1, 0.15) is 12.8 Å². The molecule has 0 saturated carbocycles. The van der Waals surface area contributed by atoms with E-state index in [4.69, 9.17) is 9.47 Å². The van der Waals surface area contributed by atoms with E-state index in [9.17, 15) is 10.2 Å². The van der Waals surface area contributed by atoms with Crippen LogP contribution in [0.5, 0.6) is 0 Å². The Hall–Kier alpha value is 0.194. The molecule has 0 aromatic rings. The number of hydrogen-bond donors (Lipinski definition) is 4. The minimum Gasteiger partial charge on any atom is -0.389 e. The normalized spacial score (nSPS) is 15.1. The predicted octanol–water partition coefficient (Wildman–Crippen LogP) is 1.92. The number of aliphatic hydroxyl groups is 2. The van der Waals surface area contributed by atoms with Gasteiger partial charge in [-0.1, -0.05) is 43.9 Å². The zero-order valence-electron chi connectivity index (χ0n) is 18.6. The standard InChI is InChI=1S/C19H46N2O4Si2/c1-20-13-18(22)15-24-9-7-11-26(3,4)17-27(5,6)12-8-10-25-16-19(23)14-21-2/h18-23H,7-17H2,1-6H3. The van der Waals surface area contributed by atoms with Crippen molar-refractivity contribution in [1.82, 2.24) is 10.6 Å². The van der Waals surface area contributed by atoms with E-state index in [-0.39, 0.29) is 0 Å². The Bertz CT molecular complexity index is 329. The molecule has 0 radical (unpaired) electrons. The summed E-state index contributed by atoms with van der Waals surface area (Å²) in [5, 5.41) is 25.2. The van der Waals surface area contributed by atoms with E-state index in [2.05, 4.69) is 36.8 Å². The first-order valence-corrected chi connectivity index (χ1v) is 17.3. The van der Waals surface area contributed by atoms with Gasteiger partial charge in [-0.25, -0.2) is 0 Å². The highest BCUT2D eigenvalue weighted by atomic mass is 28.4. The molecule has 0 aliphatic rings. The van der Waals surface area contributed by atoms with Gasteiger partial charge < -0.3 is 30.3 Å². The molecule has 0 aromatic carbocycles. The molecule has 6 nitrogen and oxygen atoms in total. The maximum absolute atomic E-state index is 9.64. The Morgan fingerprint density at radius 1 is 0.741 bits per heavy atom. The van der Waals surface area contributed by atoms with Gasteiger partial charge in [-0.2, -0.15) is 0 Å². The molecule has 2 atom stereocenters. The Balaban J connectivity index is 3.91. The van der Waals surface area contributed by atoms with Crippen LogP contribution in [0.3, 0.4) is 0 Å².